The van der Waals surface area contributed by atoms with Crippen molar-refractivity contribution in [1.29, 1.82) is 0 Å². The molecule has 0 aliphatic carbocycles. The van der Waals surface area contributed by atoms with E-state index in [0.717, 1.165) is 28.7 Å². The molecule has 230 valence electrons. The molecule has 0 saturated carbocycles. The van der Waals surface area contributed by atoms with Gasteiger partial charge < -0.3 is 28.4 Å². The van der Waals surface area contributed by atoms with Gasteiger partial charge in [-0.15, -0.1) is 0 Å². The number of fused-ring (bicyclic) bond motifs is 2. The Morgan fingerprint density at radius 1 is 0.628 bits per heavy atom. The van der Waals surface area contributed by atoms with Crippen molar-refractivity contribution < 1.29 is 47.6 Å². The minimum Gasteiger partial charge on any atom is -0.467 e. The van der Waals surface area contributed by atoms with Crippen LogP contribution >= 0.6 is 0 Å². The number of carbonyl (C=O) groups is 4. The highest BCUT2D eigenvalue weighted by Gasteiger charge is 2.56. The Hall–Kier alpha value is -4.18. The number of methoxy groups -OCH3 is 1. The number of ether oxygens (including phenoxy) is 6. The minimum atomic E-state index is -1.55. The number of benzene rings is 3. The van der Waals surface area contributed by atoms with Gasteiger partial charge in [-0.25, -0.2) is 4.79 Å². The predicted molar refractivity (Wildman–Crippen MR) is 157 cm³/mol. The molecule has 1 saturated heterocycles. The third-order valence-corrected chi connectivity index (χ3v) is 7.03. The lowest BCUT2D eigenvalue weighted by molar-refractivity contribution is -0.285. The van der Waals surface area contributed by atoms with Gasteiger partial charge in [-0.2, -0.15) is 0 Å². The standard InChI is InChI=1S/C33H38O10/c1-17(2)29(34)40-25-26(41-30(35)18(3)4)28(42-31(36)19(5)6)33(43-27(25)32(37)38-7)39-24-13-12-22-14-20-10-8-9-11-21(20)15-23(22)16-24/h8-19,25-28,33H,1-7H3. The van der Waals surface area contributed by atoms with Crippen molar-refractivity contribution >= 4 is 45.4 Å². The lowest BCUT2D eigenvalue weighted by atomic mass is 9.97. The second-order valence-electron chi connectivity index (χ2n) is 11.4. The predicted octanol–water partition coefficient (Wildman–Crippen LogP) is 4.97. The smallest absolute Gasteiger partial charge is 0.339 e. The molecule has 0 spiro atoms. The summed E-state index contributed by atoms with van der Waals surface area (Å²) in [7, 11) is 1.15. The zero-order valence-electron chi connectivity index (χ0n) is 25.4. The summed E-state index contributed by atoms with van der Waals surface area (Å²) in [6.45, 7) is 9.74. The van der Waals surface area contributed by atoms with Gasteiger partial charge in [0.05, 0.1) is 24.9 Å². The van der Waals surface area contributed by atoms with Crippen molar-refractivity contribution in [3.05, 3.63) is 54.6 Å². The highest BCUT2D eigenvalue weighted by molar-refractivity contribution is 5.98. The summed E-state index contributed by atoms with van der Waals surface area (Å²) in [5, 5.41) is 3.96. The molecule has 43 heavy (non-hydrogen) atoms. The van der Waals surface area contributed by atoms with Gasteiger partial charge in [-0.05, 0) is 45.8 Å². The molecule has 0 radical (unpaired) electrons. The maximum atomic E-state index is 13.0. The van der Waals surface area contributed by atoms with Crippen LogP contribution in [0.25, 0.3) is 21.5 Å². The van der Waals surface area contributed by atoms with Crippen LogP contribution in [0.3, 0.4) is 0 Å². The van der Waals surface area contributed by atoms with E-state index < -0.39 is 72.3 Å². The van der Waals surface area contributed by atoms with Crippen LogP contribution < -0.4 is 4.74 Å². The molecule has 3 aromatic carbocycles. The molecule has 4 rings (SSSR count). The van der Waals surface area contributed by atoms with Gasteiger partial charge in [0.1, 0.15) is 5.75 Å². The molecule has 0 aromatic heterocycles. The number of hydrogen-bond acceptors (Lipinski definition) is 10. The third-order valence-electron chi connectivity index (χ3n) is 7.03. The Bertz CT molecular complexity index is 1490. The first-order chi connectivity index (χ1) is 20.4. The van der Waals surface area contributed by atoms with Gasteiger partial charge in [0.25, 0.3) is 0 Å². The SMILES string of the molecule is COC(=O)C1OC(Oc2ccc3cc4ccccc4cc3c2)C(OC(=O)C(C)C)C(OC(=O)C(C)C)C1OC(=O)C(C)C. The Morgan fingerprint density at radius 2 is 1.12 bits per heavy atom. The highest BCUT2D eigenvalue weighted by atomic mass is 16.7. The zero-order chi connectivity index (χ0) is 31.4. The quantitative estimate of drug-likeness (QED) is 0.190. The molecule has 10 heteroatoms. The molecular weight excluding hydrogens is 556 g/mol. The van der Waals surface area contributed by atoms with Crippen LogP contribution in [0.5, 0.6) is 5.75 Å². The fraction of sp³-hybridized carbons (Fsp3) is 0.455. The van der Waals surface area contributed by atoms with E-state index in [-0.39, 0.29) is 0 Å². The molecule has 1 heterocycles. The van der Waals surface area contributed by atoms with Crippen LogP contribution in [0, 0.1) is 17.8 Å². The molecule has 10 nitrogen and oxygen atoms in total. The van der Waals surface area contributed by atoms with Crippen molar-refractivity contribution in [1.82, 2.24) is 0 Å². The lowest BCUT2D eigenvalue weighted by Crippen LogP contribution is -2.65. The second kappa shape index (κ2) is 13.4. The molecular formula is C33H38O10. The van der Waals surface area contributed by atoms with Crippen LogP contribution in [0.2, 0.25) is 0 Å². The average Bonchev–Trinajstić information content (AvgIpc) is 2.97. The number of hydrogen-bond donors (Lipinski definition) is 0. The molecule has 0 N–H and O–H groups in total. The molecule has 5 atom stereocenters. The van der Waals surface area contributed by atoms with E-state index in [1.165, 1.54) is 0 Å². The maximum absolute atomic E-state index is 13.0. The second-order valence-corrected chi connectivity index (χ2v) is 11.4. The van der Waals surface area contributed by atoms with Crippen molar-refractivity contribution in [2.75, 3.05) is 7.11 Å². The summed E-state index contributed by atoms with van der Waals surface area (Å²) in [4.78, 5) is 51.6. The van der Waals surface area contributed by atoms with E-state index in [1.807, 2.05) is 36.4 Å². The summed E-state index contributed by atoms with van der Waals surface area (Å²) < 4.78 is 34.5. The lowest BCUT2D eigenvalue weighted by Gasteiger charge is -2.43. The topological polar surface area (TPSA) is 124 Å². The van der Waals surface area contributed by atoms with Crippen LogP contribution in [0.1, 0.15) is 41.5 Å². The summed E-state index contributed by atoms with van der Waals surface area (Å²) >= 11 is 0. The van der Waals surface area contributed by atoms with Crippen molar-refractivity contribution in [3.8, 4) is 5.75 Å². The van der Waals surface area contributed by atoms with E-state index in [9.17, 15) is 19.2 Å². The third kappa shape index (κ3) is 7.25. The van der Waals surface area contributed by atoms with Gasteiger partial charge >= 0.3 is 23.9 Å². The van der Waals surface area contributed by atoms with Gasteiger partial charge in [-0.1, -0.05) is 71.9 Å². The Balaban J connectivity index is 1.79. The maximum Gasteiger partial charge on any atom is 0.339 e. The van der Waals surface area contributed by atoms with Crippen molar-refractivity contribution in [2.45, 2.75) is 72.2 Å². The first-order valence-corrected chi connectivity index (χ1v) is 14.3. The van der Waals surface area contributed by atoms with Gasteiger partial charge in [0.15, 0.2) is 18.3 Å². The largest absolute Gasteiger partial charge is 0.467 e. The number of carbonyl (C=O) groups excluding carboxylic acids is 4. The average molecular weight is 595 g/mol. The fourth-order valence-electron chi connectivity index (χ4n) is 4.54. The summed E-state index contributed by atoms with van der Waals surface area (Å²) in [5.41, 5.74) is 0. The molecule has 3 aromatic rings. The molecule has 5 unspecified atom stereocenters. The monoisotopic (exact) mass is 594 g/mol. The van der Waals surface area contributed by atoms with Crippen molar-refractivity contribution in [2.24, 2.45) is 17.8 Å². The first kappa shape index (κ1) is 31.7. The van der Waals surface area contributed by atoms with Crippen LogP contribution in [0.15, 0.2) is 54.6 Å². The van der Waals surface area contributed by atoms with E-state index >= 15 is 0 Å². The minimum absolute atomic E-state index is 0.341. The van der Waals surface area contributed by atoms with Crippen LogP contribution in [0.4, 0.5) is 0 Å². The summed E-state index contributed by atoms with van der Waals surface area (Å²) in [5.74, 6) is -4.26. The summed E-state index contributed by atoms with van der Waals surface area (Å²) in [6, 6.07) is 17.4. The molecule has 1 fully saturated rings. The Morgan fingerprint density at radius 3 is 1.65 bits per heavy atom. The van der Waals surface area contributed by atoms with Crippen LogP contribution in [-0.2, 0) is 42.9 Å². The molecule has 0 amide bonds. The summed E-state index contributed by atoms with van der Waals surface area (Å²) in [6.07, 6.45) is -7.34. The van der Waals surface area contributed by atoms with E-state index in [2.05, 4.69) is 6.07 Å². The molecule has 1 aliphatic rings. The highest BCUT2D eigenvalue weighted by Crippen LogP contribution is 2.34. The van der Waals surface area contributed by atoms with Gasteiger partial charge in [0, 0.05) is 0 Å². The Kier molecular flexibility index (Phi) is 9.91. The van der Waals surface area contributed by atoms with E-state index in [4.69, 9.17) is 28.4 Å². The molecule has 0 bridgehead atoms. The number of esters is 4. The Labute approximate surface area is 250 Å². The van der Waals surface area contributed by atoms with Crippen molar-refractivity contribution in [3.63, 3.8) is 0 Å². The van der Waals surface area contributed by atoms with E-state index in [0.29, 0.717) is 5.75 Å². The van der Waals surface area contributed by atoms with Gasteiger partial charge in [0.2, 0.25) is 12.4 Å². The zero-order valence-corrected chi connectivity index (χ0v) is 25.4. The first-order valence-electron chi connectivity index (χ1n) is 14.3. The molecule has 1 aliphatic heterocycles. The van der Waals surface area contributed by atoms with Gasteiger partial charge in [-0.3, -0.25) is 14.4 Å². The normalized spacial score (nSPS) is 22.0. The number of rotatable bonds is 9. The van der Waals surface area contributed by atoms with Crippen LogP contribution in [-0.4, -0.2) is 61.7 Å². The van der Waals surface area contributed by atoms with E-state index in [1.54, 1.807) is 53.7 Å². The fourth-order valence-corrected chi connectivity index (χ4v) is 4.54.